The quantitative estimate of drug-likeness (QED) is 0.0552. The molecule has 7 nitrogen and oxygen atoms in total. The van der Waals surface area contributed by atoms with Gasteiger partial charge in [0.2, 0.25) is 0 Å². The van der Waals surface area contributed by atoms with E-state index in [0.29, 0.717) is 23.5 Å². The van der Waals surface area contributed by atoms with E-state index in [1.807, 2.05) is 24.3 Å². The number of rotatable bonds is 16. The molecule has 0 fully saturated rings. The molecule has 0 atom stereocenters. The fourth-order valence-electron chi connectivity index (χ4n) is 4.33. The van der Waals surface area contributed by atoms with Crippen molar-refractivity contribution in [2.45, 2.75) is 88.9 Å². The summed E-state index contributed by atoms with van der Waals surface area (Å²) in [5.41, 5.74) is 0.982. The Bertz CT molecular complexity index is 1310. The van der Waals surface area contributed by atoms with E-state index < -0.39 is 10.1 Å². The molecule has 0 saturated heterocycles. The van der Waals surface area contributed by atoms with E-state index >= 15 is 0 Å². The summed E-state index contributed by atoms with van der Waals surface area (Å²) in [6, 6.07) is 16.2. The minimum atomic E-state index is -4.51. The molecule has 0 N–H and O–H groups in total. The van der Waals surface area contributed by atoms with Gasteiger partial charge in [0.1, 0.15) is 15.9 Å². The molecule has 0 aliphatic rings. The monoisotopic (exact) mass is 560 g/mol. The number of carbonyl (C=O) groups excluding carboxylic acids is 1. The van der Waals surface area contributed by atoms with Crippen molar-refractivity contribution in [2.75, 3.05) is 0 Å². The van der Waals surface area contributed by atoms with Crippen LogP contribution in [0.5, 0.6) is 5.75 Å². The standard InChI is InChI=1S/C30H38N2O5S.Na/c1-2-3-4-5-6-7-8-9-10-11-12-17-30(33)37-29-23-22-28(26-15-13-14-16-27(26)29)32-31-24-18-20-25(21-19-24)38(34,35)36;/h13-16,18-23H,2-12,17H2,1H3,(H,34,35,36);/q;+1/p-1/b32-31+;. The molecule has 0 amide bonds. The van der Waals surface area contributed by atoms with Crippen LogP contribution in [0.15, 0.2) is 75.8 Å². The van der Waals surface area contributed by atoms with Crippen molar-refractivity contribution in [3.05, 3.63) is 60.7 Å². The molecule has 39 heavy (non-hydrogen) atoms. The average molecular weight is 561 g/mol. The third-order valence-corrected chi connectivity index (χ3v) is 7.32. The molecule has 0 radical (unpaired) electrons. The maximum Gasteiger partial charge on any atom is 1.00 e. The molecular formula is C30H37N2NaO5S. The molecule has 3 aromatic carbocycles. The van der Waals surface area contributed by atoms with E-state index in [9.17, 15) is 17.8 Å². The summed E-state index contributed by atoms with van der Waals surface area (Å²) >= 11 is 0. The Balaban J connectivity index is 0.00000533. The maximum atomic E-state index is 12.5. The van der Waals surface area contributed by atoms with Crippen molar-refractivity contribution >= 4 is 38.2 Å². The van der Waals surface area contributed by atoms with E-state index in [1.165, 1.54) is 75.6 Å². The van der Waals surface area contributed by atoms with Crippen LogP contribution >= 0.6 is 0 Å². The number of esters is 1. The van der Waals surface area contributed by atoms with Crippen LogP contribution < -0.4 is 34.3 Å². The third-order valence-electron chi connectivity index (χ3n) is 6.47. The van der Waals surface area contributed by atoms with Gasteiger partial charge >= 0.3 is 35.5 Å². The predicted octanol–water partition coefficient (Wildman–Crippen LogP) is 5.77. The van der Waals surface area contributed by atoms with Gasteiger partial charge in [0.25, 0.3) is 0 Å². The first kappa shape index (κ1) is 33.1. The van der Waals surface area contributed by atoms with E-state index in [4.69, 9.17) is 4.74 Å². The molecule has 204 valence electrons. The van der Waals surface area contributed by atoms with Gasteiger partial charge in [0.05, 0.1) is 16.3 Å². The molecule has 0 aliphatic carbocycles. The van der Waals surface area contributed by atoms with E-state index in [2.05, 4.69) is 17.2 Å². The van der Waals surface area contributed by atoms with Crippen LogP contribution in [0.1, 0.15) is 84.0 Å². The first-order valence-corrected chi connectivity index (χ1v) is 15.0. The van der Waals surface area contributed by atoms with E-state index in [0.717, 1.165) is 30.0 Å². The molecule has 0 spiro atoms. The molecule has 0 unspecified atom stereocenters. The number of benzene rings is 3. The van der Waals surface area contributed by atoms with Gasteiger partial charge < -0.3 is 9.29 Å². The van der Waals surface area contributed by atoms with Gasteiger partial charge in [-0.3, -0.25) is 4.79 Å². The Morgan fingerprint density at radius 1 is 0.744 bits per heavy atom. The number of carbonyl (C=O) groups is 1. The van der Waals surface area contributed by atoms with Crippen molar-refractivity contribution in [1.82, 2.24) is 0 Å². The minimum Gasteiger partial charge on any atom is -0.744 e. The van der Waals surface area contributed by atoms with Gasteiger partial charge in [-0.1, -0.05) is 95.4 Å². The van der Waals surface area contributed by atoms with Crippen LogP contribution in [0, 0.1) is 0 Å². The number of unbranched alkanes of at least 4 members (excludes halogenated alkanes) is 10. The molecule has 0 saturated carbocycles. The normalized spacial score (nSPS) is 11.5. The number of hydrogen-bond donors (Lipinski definition) is 0. The average Bonchev–Trinajstić information content (AvgIpc) is 2.91. The van der Waals surface area contributed by atoms with Crippen LogP contribution in [0.25, 0.3) is 10.8 Å². The number of fused-ring (bicyclic) bond motifs is 1. The van der Waals surface area contributed by atoms with Crippen molar-refractivity contribution in [3.63, 3.8) is 0 Å². The van der Waals surface area contributed by atoms with Crippen LogP contribution in [-0.2, 0) is 14.9 Å². The second-order valence-electron chi connectivity index (χ2n) is 9.54. The Morgan fingerprint density at radius 3 is 1.90 bits per heavy atom. The molecule has 0 aromatic heterocycles. The topological polar surface area (TPSA) is 108 Å². The SMILES string of the molecule is CCCCCCCCCCCCCC(=O)Oc1ccc(/N=N/c2ccc(S(=O)(=O)[O-])cc2)c2ccccc12.[Na+]. The Kier molecular flexibility index (Phi) is 14.9. The van der Waals surface area contributed by atoms with Gasteiger partial charge in [-0.05, 0) is 42.8 Å². The Labute approximate surface area is 254 Å². The van der Waals surface area contributed by atoms with Crippen LogP contribution in [0.3, 0.4) is 0 Å². The number of nitrogens with zero attached hydrogens (tertiary/aromatic N) is 2. The smallest absolute Gasteiger partial charge is 0.744 e. The summed E-state index contributed by atoms with van der Waals surface area (Å²) in [6.45, 7) is 2.24. The van der Waals surface area contributed by atoms with Gasteiger partial charge in [0.15, 0.2) is 0 Å². The zero-order valence-corrected chi connectivity index (χ0v) is 25.9. The Hall–Kier alpha value is -2.10. The summed E-state index contributed by atoms with van der Waals surface area (Å²) in [4.78, 5) is 12.2. The van der Waals surface area contributed by atoms with Crippen LogP contribution in [-0.4, -0.2) is 18.9 Å². The summed E-state index contributed by atoms with van der Waals surface area (Å²) in [5.74, 6) is 0.242. The van der Waals surface area contributed by atoms with Crippen molar-refractivity contribution in [2.24, 2.45) is 10.2 Å². The van der Waals surface area contributed by atoms with Gasteiger partial charge in [0, 0.05) is 17.2 Å². The zero-order chi connectivity index (χ0) is 27.2. The minimum absolute atomic E-state index is 0. The summed E-state index contributed by atoms with van der Waals surface area (Å²) < 4.78 is 39.0. The molecular weight excluding hydrogens is 523 g/mol. The molecule has 0 bridgehead atoms. The largest absolute Gasteiger partial charge is 1.00 e. The van der Waals surface area contributed by atoms with Gasteiger partial charge in [-0.25, -0.2) is 8.42 Å². The summed E-state index contributed by atoms with van der Waals surface area (Å²) in [6.07, 6.45) is 13.9. The van der Waals surface area contributed by atoms with Crippen molar-refractivity contribution in [3.8, 4) is 5.75 Å². The zero-order valence-electron chi connectivity index (χ0n) is 23.1. The molecule has 0 aliphatic heterocycles. The van der Waals surface area contributed by atoms with Crippen molar-refractivity contribution in [1.29, 1.82) is 0 Å². The fourth-order valence-corrected chi connectivity index (χ4v) is 4.80. The number of ether oxygens (including phenoxy) is 1. The Morgan fingerprint density at radius 2 is 1.31 bits per heavy atom. The molecule has 3 rings (SSSR count). The van der Waals surface area contributed by atoms with Gasteiger partial charge in [-0.15, -0.1) is 5.11 Å². The van der Waals surface area contributed by atoms with E-state index in [1.54, 1.807) is 12.1 Å². The second-order valence-corrected chi connectivity index (χ2v) is 10.9. The second kappa shape index (κ2) is 17.6. The molecule has 3 aromatic rings. The molecule has 0 heterocycles. The first-order chi connectivity index (χ1) is 18.4. The number of hydrogen-bond acceptors (Lipinski definition) is 7. The summed E-state index contributed by atoms with van der Waals surface area (Å²) in [7, 11) is -4.51. The van der Waals surface area contributed by atoms with Crippen LogP contribution in [0.4, 0.5) is 11.4 Å². The van der Waals surface area contributed by atoms with Crippen LogP contribution in [0.2, 0.25) is 0 Å². The third kappa shape index (κ3) is 11.5. The molecule has 9 heteroatoms. The van der Waals surface area contributed by atoms with Crippen molar-refractivity contribution < 1.29 is 52.1 Å². The van der Waals surface area contributed by atoms with Gasteiger partial charge in [-0.2, -0.15) is 5.11 Å². The van der Waals surface area contributed by atoms with E-state index in [-0.39, 0.29) is 40.4 Å². The number of azo groups is 1. The maximum absolute atomic E-state index is 12.5. The predicted molar refractivity (Wildman–Crippen MR) is 149 cm³/mol. The fraction of sp³-hybridized carbons (Fsp3) is 0.433. The first-order valence-electron chi connectivity index (χ1n) is 13.6. The summed E-state index contributed by atoms with van der Waals surface area (Å²) in [5, 5.41) is 9.96.